The molecule has 1 aromatic carbocycles. The number of hydrogen-bond acceptors (Lipinski definition) is 3. The van der Waals surface area contributed by atoms with Gasteiger partial charge in [0.2, 0.25) is 0 Å². The molecule has 4 heteroatoms. The second-order valence-electron chi connectivity index (χ2n) is 3.30. The second kappa shape index (κ2) is 4.61. The highest BCUT2D eigenvalue weighted by Crippen LogP contribution is 2.22. The van der Waals surface area contributed by atoms with Crippen LogP contribution in [0.5, 0.6) is 5.75 Å². The molecule has 0 fully saturated rings. The molecule has 1 heterocycles. The summed E-state index contributed by atoms with van der Waals surface area (Å²) in [5.41, 5.74) is 1.47. The van der Waals surface area contributed by atoms with Crippen molar-refractivity contribution in [2.45, 2.75) is 0 Å². The van der Waals surface area contributed by atoms with Crippen molar-refractivity contribution in [3.8, 4) is 5.75 Å². The number of halogens is 1. The van der Waals surface area contributed by atoms with Gasteiger partial charge in [0, 0.05) is 10.9 Å². The first-order valence-corrected chi connectivity index (χ1v) is 5.90. The summed E-state index contributed by atoms with van der Waals surface area (Å²) < 4.78 is 5.11. The number of methoxy groups -OCH3 is 1. The highest BCUT2D eigenvalue weighted by atomic mass is 79.9. The van der Waals surface area contributed by atoms with Crippen molar-refractivity contribution in [2.24, 2.45) is 0 Å². The number of benzene rings is 1. The normalized spacial score (nSPS) is 10.4. The van der Waals surface area contributed by atoms with Crippen molar-refractivity contribution < 1.29 is 9.53 Å². The Morgan fingerprint density at radius 2 is 2.31 bits per heavy atom. The average Bonchev–Trinajstić information content (AvgIpc) is 2.36. The van der Waals surface area contributed by atoms with Gasteiger partial charge in [-0.1, -0.05) is 28.1 Å². The minimum Gasteiger partial charge on any atom is -0.495 e. The maximum Gasteiger partial charge on any atom is 0.174 e. The Morgan fingerprint density at radius 1 is 1.50 bits per heavy atom. The fraction of sp³-hybridized carbons (Fsp3) is 0.167. The molecule has 1 aromatic heterocycles. The maximum atomic E-state index is 11.7. The summed E-state index contributed by atoms with van der Waals surface area (Å²) in [5.74, 6) is 0.697. The maximum absolute atomic E-state index is 11.7. The van der Waals surface area contributed by atoms with Crippen LogP contribution in [0.1, 0.15) is 10.4 Å². The summed E-state index contributed by atoms with van der Waals surface area (Å²) in [6.45, 7) is 0. The lowest BCUT2D eigenvalue weighted by Gasteiger charge is -2.05. The van der Waals surface area contributed by atoms with Crippen molar-refractivity contribution in [2.75, 3.05) is 12.4 Å². The van der Waals surface area contributed by atoms with E-state index in [1.54, 1.807) is 19.4 Å². The van der Waals surface area contributed by atoms with Gasteiger partial charge in [-0.25, -0.2) is 0 Å². The molecule has 16 heavy (non-hydrogen) atoms. The molecule has 0 unspecified atom stereocenters. The molecule has 0 saturated carbocycles. The van der Waals surface area contributed by atoms with E-state index in [0.717, 1.165) is 10.9 Å². The molecule has 0 aliphatic carbocycles. The molecule has 0 amide bonds. The van der Waals surface area contributed by atoms with Crippen LogP contribution in [0.3, 0.4) is 0 Å². The van der Waals surface area contributed by atoms with Gasteiger partial charge in [-0.3, -0.25) is 9.78 Å². The minimum atomic E-state index is 0.0423. The number of fused-ring (bicyclic) bond motifs is 1. The fourth-order valence-corrected chi connectivity index (χ4v) is 1.86. The zero-order valence-electron chi connectivity index (χ0n) is 8.74. The molecule has 0 spiro atoms. The number of pyridine rings is 1. The minimum absolute atomic E-state index is 0.0423. The standard InChI is InChI=1S/C12H10BrNO2/c1-16-8-5-10-9(12(15)6-13)3-2-4-11(10)14-7-8/h2-5,7H,6H2,1H3. The number of ether oxygens (including phenoxy) is 1. The van der Waals surface area contributed by atoms with Gasteiger partial charge in [0.15, 0.2) is 5.78 Å². The largest absolute Gasteiger partial charge is 0.495 e. The molecular formula is C12H10BrNO2. The van der Waals surface area contributed by atoms with E-state index in [2.05, 4.69) is 20.9 Å². The summed E-state index contributed by atoms with van der Waals surface area (Å²) in [4.78, 5) is 15.9. The zero-order chi connectivity index (χ0) is 11.5. The Balaban J connectivity index is 2.68. The van der Waals surface area contributed by atoms with E-state index < -0.39 is 0 Å². The lowest BCUT2D eigenvalue weighted by atomic mass is 10.1. The number of carbonyl (C=O) groups is 1. The van der Waals surface area contributed by atoms with Crippen molar-refractivity contribution in [3.63, 3.8) is 0 Å². The van der Waals surface area contributed by atoms with Crippen molar-refractivity contribution >= 4 is 32.6 Å². The number of Topliss-reactive ketones (excluding diaryl/α,β-unsaturated/α-hetero) is 1. The number of ketones is 1. The Labute approximate surface area is 102 Å². The van der Waals surface area contributed by atoms with Crippen molar-refractivity contribution in [1.82, 2.24) is 4.98 Å². The van der Waals surface area contributed by atoms with Crippen LogP contribution < -0.4 is 4.74 Å². The number of carbonyl (C=O) groups excluding carboxylic acids is 1. The van der Waals surface area contributed by atoms with E-state index in [1.807, 2.05) is 18.2 Å². The first-order valence-electron chi connectivity index (χ1n) is 4.78. The Kier molecular flexibility index (Phi) is 3.19. The van der Waals surface area contributed by atoms with E-state index in [1.165, 1.54) is 0 Å². The molecule has 82 valence electrons. The third-order valence-corrected chi connectivity index (χ3v) is 2.87. The van der Waals surface area contributed by atoms with Gasteiger partial charge >= 0.3 is 0 Å². The second-order valence-corrected chi connectivity index (χ2v) is 3.86. The van der Waals surface area contributed by atoms with Gasteiger partial charge in [0.25, 0.3) is 0 Å². The van der Waals surface area contributed by atoms with Gasteiger partial charge in [-0.2, -0.15) is 0 Å². The third kappa shape index (κ3) is 1.93. The molecule has 0 aliphatic rings. The molecule has 0 atom stereocenters. The molecule has 2 aromatic rings. The molecule has 0 radical (unpaired) electrons. The van der Waals surface area contributed by atoms with Crippen LogP contribution in [-0.4, -0.2) is 23.2 Å². The molecule has 0 N–H and O–H groups in total. The van der Waals surface area contributed by atoms with E-state index in [-0.39, 0.29) is 5.78 Å². The number of rotatable bonds is 3. The predicted molar refractivity (Wildman–Crippen MR) is 66.4 cm³/mol. The smallest absolute Gasteiger partial charge is 0.174 e. The molecule has 0 bridgehead atoms. The molecule has 0 saturated heterocycles. The molecule has 3 nitrogen and oxygen atoms in total. The highest BCUT2D eigenvalue weighted by molar-refractivity contribution is 9.09. The van der Waals surface area contributed by atoms with E-state index >= 15 is 0 Å². The predicted octanol–water partition coefficient (Wildman–Crippen LogP) is 2.82. The van der Waals surface area contributed by atoms with Crippen LogP contribution in [0.15, 0.2) is 30.5 Å². The summed E-state index contributed by atoms with van der Waals surface area (Å²) in [5, 5.41) is 1.13. The first kappa shape index (κ1) is 11.1. The van der Waals surface area contributed by atoms with E-state index in [4.69, 9.17) is 4.74 Å². The van der Waals surface area contributed by atoms with E-state index in [9.17, 15) is 4.79 Å². The highest BCUT2D eigenvalue weighted by Gasteiger charge is 2.09. The van der Waals surface area contributed by atoms with Crippen LogP contribution in [0.4, 0.5) is 0 Å². The topological polar surface area (TPSA) is 39.2 Å². The Hall–Kier alpha value is -1.42. The molecular weight excluding hydrogens is 270 g/mol. The summed E-state index contributed by atoms with van der Waals surface area (Å²) in [6, 6.07) is 7.34. The van der Waals surface area contributed by atoms with Gasteiger partial charge in [0.1, 0.15) is 5.75 Å². The SMILES string of the molecule is COc1cnc2cccc(C(=O)CBr)c2c1. The number of aromatic nitrogens is 1. The van der Waals surface area contributed by atoms with Crippen LogP contribution in [0, 0.1) is 0 Å². The first-order chi connectivity index (χ1) is 7.76. The van der Waals surface area contributed by atoms with Gasteiger partial charge in [0.05, 0.1) is 24.2 Å². The monoisotopic (exact) mass is 279 g/mol. The lowest BCUT2D eigenvalue weighted by molar-refractivity contribution is 0.102. The average molecular weight is 280 g/mol. The fourth-order valence-electron chi connectivity index (χ4n) is 1.56. The van der Waals surface area contributed by atoms with Gasteiger partial charge in [-0.15, -0.1) is 0 Å². The van der Waals surface area contributed by atoms with Crippen LogP contribution >= 0.6 is 15.9 Å². The lowest BCUT2D eigenvalue weighted by Crippen LogP contribution is -2.01. The number of nitrogens with zero attached hydrogens (tertiary/aromatic N) is 1. The summed E-state index contributed by atoms with van der Waals surface area (Å²) >= 11 is 3.17. The van der Waals surface area contributed by atoms with Crippen LogP contribution in [-0.2, 0) is 0 Å². The Bertz CT molecular complexity index is 540. The quantitative estimate of drug-likeness (QED) is 0.641. The Morgan fingerprint density at radius 3 is 3.00 bits per heavy atom. The molecule has 0 aliphatic heterocycles. The van der Waals surface area contributed by atoms with Crippen LogP contribution in [0.2, 0.25) is 0 Å². The van der Waals surface area contributed by atoms with Crippen LogP contribution in [0.25, 0.3) is 10.9 Å². The number of hydrogen-bond donors (Lipinski definition) is 0. The number of alkyl halides is 1. The third-order valence-electron chi connectivity index (χ3n) is 2.36. The van der Waals surface area contributed by atoms with Gasteiger partial charge in [-0.05, 0) is 12.1 Å². The van der Waals surface area contributed by atoms with Gasteiger partial charge < -0.3 is 4.74 Å². The van der Waals surface area contributed by atoms with Crippen molar-refractivity contribution in [3.05, 3.63) is 36.0 Å². The molecule has 2 rings (SSSR count). The summed E-state index contributed by atoms with van der Waals surface area (Å²) in [6.07, 6.45) is 1.64. The van der Waals surface area contributed by atoms with E-state index in [0.29, 0.717) is 16.6 Å². The zero-order valence-corrected chi connectivity index (χ0v) is 10.3. The van der Waals surface area contributed by atoms with Crippen molar-refractivity contribution in [1.29, 1.82) is 0 Å². The summed E-state index contributed by atoms with van der Waals surface area (Å²) in [7, 11) is 1.58.